The van der Waals surface area contributed by atoms with Crippen LogP contribution in [0.1, 0.15) is 49.5 Å². The van der Waals surface area contributed by atoms with Crippen LogP contribution in [0.2, 0.25) is 0 Å². The highest BCUT2D eigenvalue weighted by Crippen LogP contribution is 2.48. The Morgan fingerprint density at radius 1 is 0.864 bits per heavy atom. The molecule has 0 saturated heterocycles. The molecule has 5 aromatic carbocycles. The maximum atomic E-state index is 5.90. The van der Waals surface area contributed by atoms with Crippen molar-refractivity contribution in [3.63, 3.8) is 0 Å². The fraction of sp³-hybridized carbons (Fsp3) is 0.154. The highest BCUT2D eigenvalue weighted by atomic mass is 32.2. The second kappa shape index (κ2) is 12.5. The minimum absolute atomic E-state index is 0.268. The highest BCUT2D eigenvalue weighted by Gasteiger charge is 2.20. The summed E-state index contributed by atoms with van der Waals surface area (Å²) in [4.78, 5) is 9.95. The number of nitrogens with one attached hydrogen (secondary N) is 1. The van der Waals surface area contributed by atoms with E-state index >= 15 is 0 Å². The van der Waals surface area contributed by atoms with E-state index in [2.05, 4.69) is 133 Å². The fourth-order valence-electron chi connectivity index (χ4n) is 6.30. The topological polar surface area (TPSA) is 50.4 Å². The molecule has 218 valence electrons. The van der Waals surface area contributed by atoms with Crippen LogP contribution < -0.4 is 11.1 Å². The van der Waals surface area contributed by atoms with Gasteiger partial charge in [-0.25, -0.2) is 0 Å². The molecule has 0 amide bonds. The Morgan fingerprint density at radius 2 is 1.64 bits per heavy atom. The van der Waals surface area contributed by atoms with E-state index in [0.29, 0.717) is 6.54 Å². The van der Waals surface area contributed by atoms with E-state index in [1.165, 1.54) is 75.0 Å². The third-order valence-electron chi connectivity index (χ3n) is 8.43. The van der Waals surface area contributed by atoms with E-state index < -0.39 is 0 Å². The Morgan fingerprint density at radius 3 is 2.39 bits per heavy atom. The van der Waals surface area contributed by atoms with E-state index in [9.17, 15) is 0 Å². The van der Waals surface area contributed by atoms with Gasteiger partial charge in [-0.05, 0) is 99.5 Å². The molecule has 7 rings (SSSR count). The third-order valence-corrected chi connectivity index (χ3v) is 11.1. The highest BCUT2D eigenvalue weighted by molar-refractivity contribution is 8.09. The molecule has 0 spiro atoms. The van der Waals surface area contributed by atoms with Gasteiger partial charge in [0.25, 0.3) is 0 Å². The Bertz CT molecular complexity index is 2050. The Balaban J connectivity index is 1.26. The Labute approximate surface area is 267 Å². The second-order valence-electron chi connectivity index (χ2n) is 11.2. The van der Waals surface area contributed by atoms with Gasteiger partial charge in [0.2, 0.25) is 0 Å². The number of allylic oxidation sites excluding steroid dienone is 7. The van der Waals surface area contributed by atoms with Crippen LogP contribution in [-0.4, -0.2) is 6.34 Å². The van der Waals surface area contributed by atoms with E-state index in [4.69, 9.17) is 5.73 Å². The summed E-state index contributed by atoms with van der Waals surface area (Å²) in [5.74, 6) is 0. The molecule has 5 heteroatoms. The maximum Gasteiger partial charge on any atom is 0.127 e. The average molecular weight is 610 g/mol. The molecule has 1 unspecified atom stereocenters. The number of fused-ring (bicyclic) bond motifs is 7. The van der Waals surface area contributed by atoms with E-state index in [1.54, 1.807) is 0 Å². The van der Waals surface area contributed by atoms with Gasteiger partial charge in [-0.1, -0.05) is 115 Å². The molecule has 1 aliphatic heterocycles. The summed E-state index contributed by atoms with van der Waals surface area (Å²) in [7, 11) is 0. The first kappa shape index (κ1) is 28.7. The summed E-state index contributed by atoms with van der Waals surface area (Å²) >= 11 is 3.70. The zero-order valence-electron chi connectivity index (χ0n) is 25.0. The predicted molar refractivity (Wildman–Crippen MR) is 193 cm³/mol. The van der Waals surface area contributed by atoms with Gasteiger partial charge in [-0.15, -0.1) is 0 Å². The number of thioether (sulfide) groups is 2. The first-order valence-corrected chi connectivity index (χ1v) is 16.8. The summed E-state index contributed by atoms with van der Waals surface area (Å²) < 4.78 is 0. The van der Waals surface area contributed by atoms with Gasteiger partial charge >= 0.3 is 0 Å². The number of benzene rings is 5. The van der Waals surface area contributed by atoms with Crippen molar-refractivity contribution >= 4 is 67.8 Å². The van der Waals surface area contributed by atoms with Crippen molar-refractivity contribution in [1.82, 2.24) is 5.32 Å². The van der Waals surface area contributed by atoms with Crippen molar-refractivity contribution in [3.05, 3.63) is 136 Å². The summed E-state index contributed by atoms with van der Waals surface area (Å²) in [6.07, 6.45) is 14.6. The predicted octanol–water partition coefficient (Wildman–Crippen LogP) is 10.7. The lowest BCUT2D eigenvalue weighted by molar-refractivity contribution is 0.552. The molecule has 1 atom stereocenters. The number of hydrogen-bond donors (Lipinski definition) is 2. The van der Waals surface area contributed by atoms with E-state index in [0.717, 1.165) is 18.4 Å². The van der Waals surface area contributed by atoms with E-state index in [1.807, 2.05) is 23.5 Å². The molecule has 5 aromatic rings. The lowest BCUT2D eigenvalue weighted by Crippen LogP contribution is -2.20. The van der Waals surface area contributed by atoms with Gasteiger partial charge in [0, 0.05) is 26.1 Å². The number of nitrogens with two attached hydrogens (primary N) is 1. The van der Waals surface area contributed by atoms with Gasteiger partial charge in [-0.3, -0.25) is 10.3 Å². The zero-order chi connectivity index (χ0) is 30.0. The second-order valence-corrected chi connectivity index (χ2v) is 13.5. The molecular weight excluding hydrogens is 575 g/mol. The molecule has 3 nitrogen and oxygen atoms in total. The standard InChI is InChI=1S/C39H35N3S2/c1-3-10-36-25(2)43-37-16-9-13-29(38(37)44-36)23-41-39(42-24-40)28-18-20-33-32-19-17-27(26-11-5-4-6-12-26)21-34(32)30-14-7-8-15-31(30)35(33)22-28/h3,5,7-22,24,39,41H,4,6,23H2,1-2H3,(H2,40,42)/b10-3-. The Kier molecular flexibility index (Phi) is 8.18. The average Bonchev–Trinajstić information content (AvgIpc) is 3.07. The van der Waals surface area contributed by atoms with Crippen molar-refractivity contribution in [2.75, 3.05) is 0 Å². The first-order chi connectivity index (χ1) is 21.6. The van der Waals surface area contributed by atoms with Crippen LogP contribution in [0.3, 0.4) is 0 Å². The minimum atomic E-state index is -0.268. The number of aliphatic imine (C=N–C) groups is 1. The molecule has 0 fully saturated rings. The van der Waals surface area contributed by atoms with Gasteiger partial charge in [0.1, 0.15) is 6.17 Å². The molecule has 0 saturated carbocycles. The lowest BCUT2D eigenvalue weighted by atomic mass is 9.90. The van der Waals surface area contributed by atoms with Crippen LogP contribution in [0.15, 0.2) is 134 Å². The number of hydrogen-bond acceptors (Lipinski definition) is 4. The first-order valence-electron chi connectivity index (χ1n) is 15.2. The van der Waals surface area contributed by atoms with Gasteiger partial charge in [0.15, 0.2) is 0 Å². The zero-order valence-corrected chi connectivity index (χ0v) is 26.6. The van der Waals surface area contributed by atoms with Crippen molar-refractivity contribution in [2.45, 2.75) is 49.2 Å². The van der Waals surface area contributed by atoms with Crippen LogP contribution in [0.25, 0.3) is 37.9 Å². The molecule has 0 radical (unpaired) electrons. The van der Waals surface area contributed by atoms with Crippen LogP contribution in [0.5, 0.6) is 0 Å². The van der Waals surface area contributed by atoms with Gasteiger partial charge in [-0.2, -0.15) is 0 Å². The van der Waals surface area contributed by atoms with Crippen LogP contribution in [-0.2, 0) is 6.54 Å². The summed E-state index contributed by atoms with van der Waals surface area (Å²) in [6.45, 7) is 4.96. The third kappa shape index (κ3) is 5.41. The Hall–Kier alpha value is -4.03. The van der Waals surface area contributed by atoms with Crippen molar-refractivity contribution in [3.8, 4) is 0 Å². The molecule has 2 aliphatic rings. The van der Waals surface area contributed by atoms with Gasteiger partial charge < -0.3 is 5.73 Å². The molecule has 0 aromatic heterocycles. The van der Waals surface area contributed by atoms with Crippen molar-refractivity contribution < 1.29 is 0 Å². The molecule has 44 heavy (non-hydrogen) atoms. The van der Waals surface area contributed by atoms with Crippen LogP contribution >= 0.6 is 23.5 Å². The van der Waals surface area contributed by atoms with Crippen LogP contribution in [0.4, 0.5) is 0 Å². The van der Waals surface area contributed by atoms with E-state index in [-0.39, 0.29) is 6.17 Å². The number of nitrogens with zero attached hydrogens (tertiary/aromatic N) is 1. The SMILES string of the molecule is C/C=C\C1=C(C)Sc2cccc(CNC(/N=C\N)c3ccc4c5ccc(C6=CCCC=C6)cc5c5ccccc5c4c3)c2S1. The van der Waals surface area contributed by atoms with Crippen molar-refractivity contribution in [2.24, 2.45) is 10.7 Å². The molecule has 1 aliphatic carbocycles. The minimum Gasteiger partial charge on any atom is -0.390 e. The fourth-order valence-corrected chi connectivity index (χ4v) is 8.67. The lowest BCUT2D eigenvalue weighted by Gasteiger charge is -2.22. The summed E-state index contributed by atoms with van der Waals surface area (Å²) in [5.41, 5.74) is 10.9. The molecule has 1 heterocycles. The monoisotopic (exact) mass is 609 g/mol. The largest absolute Gasteiger partial charge is 0.390 e. The normalized spacial score (nSPS) is 16.0. The van der Waals surface area contributed by atoms with Crippen molar-refractivity contribution in [1.29, 1.82) is 0 Å². The quantitative estimate of drug-likeness (QED) is 0.109. The summed E-state index contributed by atoms with van der Waals surface area (Å²) in [6, 6.07) is 29.0. The number of rotatable bonds is 7. The molecular formula is C39H35N3S2. The molecule has 0 bridgehead atoms. The van der Waals surface area contributed by atoms with Crippen LogP contribution in [0, 0.1) is 0 Å². The maximum absolute atomic E-state index is 5.90. The summed E-state index contributed by atoms with van der Waals surface area (Å²) in [5, 5.41) is 11.3. The van der Waals surface area contributed by atoms with Gasteiger partial charge in [0.05, 0.1) is 6.34 Å². The molecule has 3 N–H and O–H groups in total. The smallest absolute Gasteiger partial charge is 0.127 e.